The fourth-order valence-electron chi connectivity index (χ4n) is 1.64. The second kappa shape index (κ2) is 4.67. The maximum Gasteiger partial charge on any atom is 0.0357 e. The van der Waals surface area contributed by atoms with Gasteiger partial charge in [-0.25, -0.2) is 0 Å². The van der Waals surface area contributed by atoms with Crippen LogP contribution in [-0.4, -0.2) is 0 Å². The Kier molecular flexibility index (Phi) is 3.27. The van der Waals surface area contributed by atoms with Crippen molar-refractivity contribution in [3.05, 3.63) is 52.5 Å². The van der Waals surface area contributed by atoms with E-state index in [1.165, 1.54) is 19.9 Å². The van der Waals surface area contributed by atoms with E-state index in [9.17, 15) is 0 Å². The van der Waals surface area contributed by atoms with Crippen LogP contribution < -0.4 is 0 Å². The van der Waals surface area contributed by atoms with E-state index in [1.54, 1.807) is 0 Å². The molecule has 1 radical (unpaired) electrons. The van der Waals surface area contributed by atoms with Gasteiger partial charge in [0.15, 0.2) is 0 Å². The molecule has 1 heteroatoms. The maximum absolute atomic E-state index is 3.55. The van der Waals surface area contributed by atoms with Crippen LogP contribution in [0.15, 0.2) is 36.4 Å². The Bertz CT molecular complexity index is 544. The third kappa shape index (κ3) is 2.15. The van der Waals surface area contributed by atoms with E-state index in [2.05, 4.69) is 77.8 Å². The summed E-state index contributed by atoms with van der Waals surface area (Å²) in [4.78, 5) is 0. The molecule has 2 aromatic carbocycles. The smallest absolute Gasteiger partial charge is 0.0357 e. The summed E-state index contributed by atoms with van der Waals surface area (Å²) in [6, 6.07) is 12.7. The minimum Gasteiger partial charge on any atom is -0.102 e. The third-order valence-electron chi connectivity index (χ3n) is 2.37. The van der Waals surface area contributed by atoms with E-state index < -0.39 is 0 Å². The molecule has 2 aromatic rings. The van der Waals surface area contributed by atoms with Crippen molar-refractivity contribution in [3.63, 3.8) is 0 Å². The lowest BCUT2D eigenvalue weighted by molar-refractivity contribution is 1.33. The van der Waals surface area contributed by atoms with Gasteiger partial charge in [0, 0.05) is 16.9 Å². The van der Waals surface area contributed by atoms with Gasteiger partial charge in [-0.05, 0) is 45.0 Å². The molecule has 0 bridgehead atoms. The molecule has 73 valence electrons. The first-order valence-electron chi connectivity index (χ1n) is 4.74. The highest BCUT2D eigenvalue weighted by Crippen LogP contribution is 2.23. The van der Waals surface area contributed by atoms with Crippen LogP contribution in [0.5, 0.6) is 0 Å². The zero-order chi connectivity index (χ0) is 10.7. The van der Waals surface area contributed by atoms with Gasteiger partial charge in [0.1, 0.15) is 0 Å². The second-order valence-electron chi connectivity index (χ2n) is 3.28. The van der Waals surface area contributed by atoms with E-state index in [4.69, 9.17) is 0 Å². The third-order valence-corrected chi connectivity index (χ3v) is 3.38. The molecule has 0 atom stereocenters. The molecule has 15 heavy (non-hydrogen) atoms. The number of hydrogen-bond acceptors (Lipinski definition) is 0. The van der Waals surface area contributed by atoms with Crippen LogP contribution >= 0.6 is 22.6 Å². The minimum absolute atomic E-state index is 0.781. The monoisotopic (exact) mass is 305 g/mol. The van der Waals surface area contributed by atoms with Crippen LogP contribution in [0, 0.1) is 22.3 Å². The molecule has 0 saturated carbocycles. The molecule has 0 heterocycles. The van der Waals surface area contributed by atoms with Gasteiger partial charge in [0.2, 0.25) is 0 Å². The van der Waals surface area contributed by atoms with Crippen molar-refractivity contribution >= 4 is 33.4 Å². The van der Waals surface area contributed by atoms with E-state index in [1.807, 2.05) is 0 Å². The van der Waals surface area contributed by atoms with Crippen molar-refractivity contribution in [1.29, 1.82) is 0 Å². The molecule has 0 saturated heterocycles. The first kappa shape index (κ1) is 10.5. The van der Waals surface area contributed by atoms with Crippen molar-refractivity contribution in [1.82, 2.24) is 0 Å². The molecule has 0 spiro atoms. The van der Waals surface area contributed by atoms with Gasteiger partial charge >= 0.3 is 0 Å². The fraction of sp³-hybridized carbons (Fsp3) is 0.0714. The summed E-state index contributed by atoms with van der Waals surface area (Å²) in [6.07, 6.45) is 0.781. The summed E-state index contributed by atoms with van der Waals surface area (Å²) in [6.45, 7) is 3.55. The highest BCUT2D eigenvalue weighted by atomic mass is 127. The average molecular weight is 305 g/mol. The summed E-state index contributed by atoms with van der Waals surface area (Å²) >= 11 is 2.36. The highest BCUT2D eigenvalue weighted by molar-refractivity contribution is 14.1. The quantitative estimate of drug-likeness (QED) is 0.555. The van der Waals surface area contributed by atoms with Crippen molar-refractivity contribution in [2.24, 2.45) is 0 Å². The second-order valence-corrected chi connectivity index (χ2v) is 4.44. The molecule has 0 unspecified atom stereocenters. The van der Waals surface area contributed by atoms with Gasteiger partial charge in [-0.2, -0.15) is 0 Å². The zero-order valence-corrected chi connectivity index (χ0v) is 10.4. The van der Waals surface area contributed by atoms with E-state index >= 15 is 0 Å². The van der Waals surface area contributed by atoms with Crippen molar-refractivity contribution in [3.8, 4) is 11.8 Å². The predicted molar refractivity (Wildman–Crippen MR) is 73.5 cm³/mol. The van der Waals surface area contributed by atoms with Crippen molar-refractivity contribution < 1.29 is 0 Å². The Hall–Kier alpha value is -1.01. The zero-order valence-electron chi connectivity index (χ0n) is 8.26. The average Bonchev–Trinajstić information content (AvgIpc) is 2.28. The normalized spacial score (nSPS) is 9.73. The van der Waals surface area contributed by atoms with Crippen LogP contribution in [-0.2, 0) is 6.42 Å². The molecule has 0 amide bonds. The van der Waals surface area contributed by atoms with Gasteiger partial charge in [0.05, 0.1) is 0 Å². The molecule has 0 aliphatic heterocycles. The molecule has 0 nitrogen and oxygen atoms in total. The van der Waals surface area contributed by atoms with Gasteiger partial charge in [0.25, 0.3) is 0 Å². The molecular formula is C14H10I. The number of rotatable bonds is 1. The van der Waals surface area contributed by atoms with Crippen molar-refractivity contribution in [2.75, 3.05) is 0 Å². The van der Waals surface area contributed by atoms with Crippen molar-refractivity contribution in [2.45, 2.75) is 6.42 Å². The van der Waals surface area contributed by atoms with Crippen LogP contribution in [0.2, 0.25) is 0 Å². The Balaban J connectivity index is 2.66. The summed E-state index contributed by atoms with van der Waals surface area (Å²) < 4.78 is 1.27. The Labute approximate surface area is 104 Å². The summed E-state index contributed by atoms with van der Waals surface area (Å²) in [5.41, 5.74) is 1.31. The number of halogens is 1. The fourth-order valence-corrected chi connectivity index (χ4v) is 2.30. The molecule has 0 fully saturated rings. The topological polar surface area (TPSA) is 0 Å². The maximum atomic E-state index is 3.55. The lowest BCUT2D eigenvalue weighted by Gasteiger charge is -2.05. The van der Waals surface area contributed by atoms with E-state index in [-0.39, 0.29) is 0 Å². The largest absolute Gasteiger partial charge is 0.102 e. The highest BCUT2D eigenvalue weighted by Gasteiger charge is 2.03. The lowest BCUT2D eigenvalue weighted by atomic mass is 10.0. The van der Waals surface area contributed by atoms with Crippen LogP contribution in [0.25, 0.3) is 10.8 Å². The van der Waals surface area contributed by atoms with Crippen LogP contribution in [0.4, 0.5) is 0 Å². The molecule has 2 rings (SSSR count). The van der Waals surface area contributed by atoms with Crippen LogP contribution in [0.1, 0.15) is 5.56 Å². The van der Waals surface area contributed by atoms with E-state index in [0.29, 0.717) is 0 Å². The molecule has 0 N–H and O–H groups in total. The number of benzene rings is 2. The SMILES string of the molecule is [CH2]C#CCc1c(I)ccc2ccccc12. The van der Waals surface area contributed by atoms with Gasteiger partial charge in [-0.1, -0.05) is 36.3 Å². The summed E-state index contributed by atoms with van der Waals surface area (Å²) in [5, 5.41) is 2.57. The molecule has 0 aliphatic rings. The van der Waals surface area contributed by atoms with Gasteiger partial charge in [-0.3, -0.25) is 0 Å². The number of hydrogen-bond donors (Lipinski definition) is 0. The summed E-state index contributed by atoms with van der Waals surface area (Å²) in [7, 11) is 0. The molecule has 0 aliphatic carbocycles. The molecule has 0 aromatic heterocycles. The minimum atomic E-state index is 0.781. The Morgan fingerprint density at radius 2 is 1.93 bits per heavy atom. The van der Waals surface area contributed by atoms with Crippen LogP contribution in [0.3, 0.4) is 0 Å². The first-order chi connectivity index (χ1) is 7.33. The molecular weight excluding hydrogens is 295 g/mol. The first-order valence-corrected chi connectivity index (χ1v) is 5.82. The Morgan fingerprint density at radius 3 is 2.73 bits per heavy atom. The standard InChI is InChI=1S/C14H10I/c1-2-3-7-13-12-8-5-4-6-11(12)9-10-14(13)15/h4-6,8-10H,1,7H2. The van der Waals surface area contributed by atoms with E-state index in [0.717, 1.165) is 6.42 Å². The predicted octanol–water partition coefficient (Wildman–Crippen LogP) is 3.82. The van der Waals surface area contributed by atoms with Gasteiger partial charge < -0.3 is 0 Å². The summed E-state index contributed by atoms with van der Waals surface area (Å²) in [5.74, 6) is 5.74. The Morgan fingerprint density at radius 1 is 1.13 bits per heavy atom. The lowest BCUT2D eigenvalue weighted by Crippen LogP contribution is -1.89. The number of fused-ring (bicyclic) bond motifs is 1. The van der Waals surface area contributed by atoms with Gasteiger partial charge in [-0.15, -0.1) is 5.92 Å².